The molecule has 19 heavy (non-hydrogen) atoms. The summed E-state index contributed by atoms with van der Waals surface area (Å²) in [4.78, 5) is 19.0. The molecule has 98 valence electrons. The normalized spacial score (nSPS) is 11.5. The lowest BCUT2D eigenvalue weighted by molar-refractivity contribution is 0.318. The molecule has 4 N–H and O–H groups in total. The minimum absolute atomic E-state index is 0.0121. The van der Waals surface area contributed by atoms with Gasteiger partial charge in [0.15, 0.2) is 11.0 Å². The Bertz CT molecular complexity index is 681. The molecule has 0 spiro atoms. The van der Waals surface area contributed by atoms with Gasteiger partial charge in [-0.2, -0.15) is 0 Å². The quantitative estimate of drug-likeness (QED) is 0.258. The van der Waals surface area contributed by atoms with Gasteiger partial charge in [-0.25, -0.2) is 4.98 Å². The molecule has 6 nitrogen and oxygen atoms in total. The third-order valence-corrected chi connectivity index (χ3v) is 3.29. The topological polar surface area (TPSA) is 104 Å². The highest BCUT2D eigenvalue weighted by atomic mass is 32.2. The first-order valence-corrected chi connectivity index (χ1v) is 6.24. The van der Waals surface area contributed by atoms with E-state index in [2.05, 4.69) is 15.1 Å². The van der Waals surface area contributed by atoms with Crippen LogP contribution in [0.5, 0.6) is 0 Å². The Hall–Kier alpha value is -2.28. The van der Waals surface area contributed by atoms with E-state index >= 15 is 0 Å². The highest BCUT2D eigenvalue weighted by Gasteiger charge is 2.09. The van der Waals surface area contributed by atoms with E-state index < -0.39 is 0 Å². The molecule has 0 amide bonds. The number of rotatable bonds is 3. The molecule has 0 aliphatic carbocycles. The van der Waals surface area contributed by atoms with Gasteiger partial charge >= 0.3 is 0 Å². The van der Waals surface area contributed by atoms with E-state index in [-0.39, 0.29) is 11.4 Å². The number of benzene rings is 1. The summed E-state index contributed by atoms with van der Waals surface area (Å²) in [6.07, 6.45) is 0. The average molecular weight is 276 g/mol. The third-order valence-electron chi connectivity index (χ3n) is 2.33. The van der Waals surface area contributed by atoms with Gasteiger partial charge in [0.25, 0.3) is 5.56 Å². The van der Waals surface area contributed by atoms with Gasteiger partial charge < -0.3 is 15.9 Å². The summed E-state index contributed by atoms with van der Waals surface area (Å²) in [5, 5.41) is 12.2. The SMILES string of the molecule is Cc1cc(=O)[nH]c(Sc2ccccc2/C(N)=N/O)n1. The number of nitrogens with two attached hydrogens (primary N) is 1. The standard InChI is InChI=1S/C12H12N4O2S/c1-7-6-10(17)15-12(14-7)19-9-5-3-2-4-8(9)11(13)16-18/h2-6,18H,1H3,(H2,13,16)(H,14,15,17). The molecule has 1 aromatic carbocycles. The zero-order chi connectivity index (χ0) is 13.8. The Morgan fingerprint density at radius 1 is 1.47 bits per heavy atom. The van der Waals surface area contributed by atoms with E-state index in [1.54, 1.807) is 25.1 Å². The fraction of sp³-hybridized carbons (Fsp3) is 0.0833. The molecular weight excluding hydrogens is 264 g/mol. The van der Waals surface area contributed by atoms with Crippen LogP contribution in [0.15, 0.2) is 50.3 Å². The van der Waals surface area contributed by atoms with Crippen molar-refractivity contribution in [2.45, 2.75) is 17.0 Å². The molecule has 0 fully saturated rings. The van der Waals surface area contributed by atoms with Gasteiger partial charge in [0.05, 0.1) is 0 Å². The van der Waals surface area contributed by atoms with Crippen LogP contribution in [-0.4, -0.2) is 21.0 Å². The smallest absolute Gasteiger partial charge is 0.251 e. The van der Waals surface area contributed by atoms with Crippen molar-refractivity contribution in [2.24, 2.45) is 10.9 Å². The number of nitrogens with one attached hydrogen (secondary N) is 1. The number of hydrogen-bond donors (Lipinski definition) is 3. The zero-order valence-electron chi connectivity index (χ0n) is 10.1. The third kappa shape index (κ3) is 3.14. The lowest BCUT2D eigenvalue weighted by Gasteiger charge is -2.07. The predicted molar refractivity (Wildman–Crippen MR) is 72.7 cm³/mol. The van der Waals surface area contributed by atoms with Crippen LogP contribution in [0.3, 0.4) is 0 Å². The van der Waals surface area contributed by atoms with Crippen molar-refractivity contribution in [3.63, 3.8) is 0 Å². The van der Waals surface area contributed by atoms with Gasteiger partial charge in [0, 0.05) is 22.2 Å². The van der Waals surface area contributed by atoms with Crippen LogP contribution in [0.2, 0.25) is 0 Å². The van der Waals surface area contributed by atoms with Crippen LogP contribution in [0.1, 0.15) is 11.3 Å². The van der Waals surface area contributed by atoms with Crippen LogP contribution >= 0.6 is 11.8 Å². The lowest BCUT2D eigenvalue weighted by atomic mass is 10.2. The van der Waals surface area contributed by atoms with E-state index in [0.717, 1.165) is 4.90 Å². The molecule has 1 heterocycles. The Morgan fingerprint density at radius 2 is 2.21 bits per heavy atom. The molecule has 0 saturated carbocycles. The van der Waals surface area contributed by atoms with E-state index in [1.165, 1.54) is 17.8 Å². The predicted octanol–water partition coefficient (Wildman–Crippen LogP) is 1.32. The van der Waals surface area contributed by atoms with Crippen molar-refractivity contribution in [3.05, 3.63) is 51.9 Å². The van der Waals surface area contributed by atoms with Crippen LogP contribution in [0.4, 0.5) is 0 Å². The van der Waals surface area contributed by atoms with E-state index in [0.29, 0.717) is 16.4 Å². The van der Waals surface area contributed by atoms with Crippen LogP contribution in [0.25, 0.3) is 0 Å². The van der Waals surface area contributed by atoms with Crippen molar-refractivity contribution in [3.8, 4) is 0 Å². The summed E-state index contributed by atoms with van der Waals surface area (Å²) in [5.41, 5.74) is 6.61. The first kappa shape index (κ1) is 13.2. The van der Waals surface area contributed by atoms with Gasteiger partial charge in [-0.1, -0.05) is 35.1 Å². The van der Waals surface area contributed by atoms with Crippen molar-refractivity contribution >= 4 is 17.6 Å². The molecule has 0 aliphatic heterocycles. The second kappa shape index (κ2) is 5.57. The molecule has 0 aliphatic rings. The zero-order valence-corrected chi connectivity index (χ0v) is 10.9. The molecule has 2 rings (SSSR count). The van der Waals surface area contributed by atoms with E-state index in [4.69, 9.17) is 10.9 Å². The van der Waals surface area contributed by atoms with Crippen molar-refractivity contribution in [1.29, 1.82) is 0 Å². The number of aromatic amines is 1. The summed E-state index contributed by atoms with van der Waals surface area (Å²) in [6, 6.07) is 8.55. The Labute approximate surface area is 113 Å². The van der Waals surface area contributed by atoms with Crippen molar-refractivity contribution in [2.75, 3.05) is 0 Å². The number of oxime groups is 1. The minimum atomic E-state index is -0.212. The Morgan fingerprint density at radius 3 is 2.89 bits per heavy atom. The molecule has 1 aromatic heterocycles. The number of H-pyrrole nitrogens is 1. The Kier molecular flexibility index (Phi) is 3.86. The minimum Gasteiger partial charge on any atom is -0.409 e. The maximum Gasteiger partial charge on any atom is 0.251 e. The number of aryl methyl sites for hydroxylation is 1. The fourth-order valence-corrected chi connectivity index (χ4v) is 2.50. The lowest BCUT2D eigenvalue weighted by Crippen LogP contribution is -2.14. The number of aromatic nitrogens is 2. The highest BCUT2D eigenvalue weighted by Crippen LogP contribution is 2.27. The summed E-state index contributed by atoms with van der Waals surface area (Å²) in [7, 11) is 0. The second-order valence-corrected chi connectivity index (χ2v) is 4.81. The maximum atomic E-state index is 11.4. The van der Waals surface area contributed by atoms with Crippen LogP contribution in [0, 0.1) is 6.92 Å². The van der Waals surface area contributed by atoms with Gasteiger partial charge in [0.1, 0.15) is 0 Å². The van der Waals surface area contributed by atoms with Crippen molar-refractivity contribution < 1.29 is 5.21 Å². The summed E-state index contributed by atoms with van der Waals surface area (Å²) < 4.78 is 0. The van der Waals surface area contributed by atoms with Gasteiger partial charge in [-0.15, -0.1) is 0 Å². The summed E-state index contributed by atoms with van der Waals surface area (Å²) >= 11 is 1.25. The van der Waals surface area contributed by atoms with Crippen molar-refractivity contribution in [1.82, 2.24) is 9.97 Å². The maximum absolute atomic E-state index is 11.4. The second-order valence-electron chi connectivity index (χ2n) is 3.78. The number of amidine groups is 1. The fourth-order valence-electron chi connectivity index (χ4n) is 1.53. The highest BCUT2D eigenvalue weighted by molar-refractivity contribution is 7.99. The molecule has 0 unspecified atom stereocenters. The molecule has 0 bridgehead atoms. The van der Waals surface area contributed by atoms with Gasteiger partial charge in [0.2, 0.25) is 0 Å². The number of hydrogen-bond acceptors (Lipinski definition) is 5. The molecular formula is C12H12N4O2S. The molecule has 0 saturated heterocycles. The average Bonchev–Trinajstić information content (AvgIpc) is 2.37. The molecule has 0 radical (unpaired) electrons. The molecule has 7 heteroatoms. The van der Waals surface area contributed by atoms with E-state index in [1.807, 2.05) is 6.07 Å². The first-order chi connectivity index (χ1) is 9.10. The van der Waals surface area contributed by atoms with Gasteiger partial charge in [-0.05, 0) is 13.0 Å². The van der Waals surface area contributed by atoms with Crippen LogP contribution in [-0.2, 0) is 0 Å². The summed E-state index contributed by atoms with van der Waals surface area (Å²) in [6.45, 7) is 1.74. The molecule has 2 aromatic rings. The largest absolute Gasteiger partial charge is 0.409 e. The Balaban J connectivity index is 2.41. The van der Waals surface area contributed by atoms with Crippen LogP contribution < -0.4 is 11.3 Å². The van der Waals surface area contributed by atoms with E-state index in [9.17, 15) is 4.79 Å². The monoisotopic (exact) mass is 276 g/mol. The summed E-state index contributed by atoms with van der Waals surface area (Å²) in [5.74, 6) is 0.0121. The van der Waals surface area contributed by atoms with Gasteiger partial charge in [-0.3, -0.25) is 4.79 Å². The number of nitrogens with zero attached hydrogens (tertiary/aromatic N) is 2. The molecule has 0 atom stereocenters. The first-order valence-electron chi connectivity index (χ1n) is 5.43.